The summed E-state index contributed by atoms with van der Waals surface area (Å²) >= 11 is 0. The van der Waals surface area contributed by atoms with Crippen LogP contribution in [0.2, 0.25) is 0 Å². The molecule has 2 aliphatic rings. The molecular weight excluding hydrogens is 336 g/mol. The SMILES string of the molecule is O=C1CCC2(CCN(Cc3ccccc3OCc3ccccc3)CC2)CN1. The van der Waals surface area contributed by atoms with Gasteiger partial charge in [0, 0.05) is 25.1 Å². The number of rotatable bonds is 5. The molecule has 2 aromatic rings. The minimum absolute atomic E-state index is 0.215. The molecule has 0 saturated carbocycles. The molecule has 1 N–H and O–H groups in total. The highest BCUT2D eigenvalue weighted by Crippen LogP contribution is 2.38. The van der Waals surface area contributed by atoms with E-state index in [-0.39, 0.29) is 5.91 Å². The highest BCUT2D eigenvalue weighted by atomic mass is 16.5. The first-order valence-electron chi connectivity index (χ1n) is 9.96. The van der Waals surface area contributed by atoms with Crippen LogP contribution in [0.15, 0.2) is 54.6 Å². The molecule has 27 heavy (non-hydrogen) atoms. The summed E-state index contributed by atoms with van der Waals surface area (Å²) in [6, 6.07) is 18.7. The van der Waals surface area contributed by atoms with Gasteiger partial charge in [0.2, 0.25) is 5.91 Å². The van der Waals surface area contributed by atoms with Crippen LogP contribution in [-0.4, -0.2) is 30.4 Å². The normalized spacial score (nSPS) is 19.6. The second kappa shape index (κ2) is 8.13. The van der Waals surface area contributed by atoms with Crippen molar-refractivity contribution in [2.45, 2.75) is 38.8 Å². The van der Waals surface area contributed by atoms with Crippen LogP contribution >= 0.6 is 0 Å². The molecule has 0 atom stereocenters. The summed E-state index contributed by atoms with van der Waals surface area (Å²) in [4.78, 5) is 14.0. The number of hydrogen-bond acceptors (Lipinski definition) is 3. The topological polar surface area (TPSA) is 41.6 Å². The van der Waals surface area contributed by atoms with Gasteiger partial charge in [-0.05, 0) is 49.4 Å². The Morgan fingerprint density at radius 2 is 1.70 bits per heavy atom. The van der Waals surface area contributed by atoms with Gasteiger partial charge in [0.1, 0.15) is 12.4 Å². The molecule has 4 rings (SSSR count). The number of piperidine rings is 2. The van der Waals surface area contributed by atoms with Crippen LogP contribution in [-0.2, 0) is 17.9 Å². The van der Waals surface area contributed by atoms with Crippen LogP contribution in [0.5, 0.6) is 5.75 Å². The van der Waals surface area contributed by atoms with Crippen LogP contribution in [0.4, 0.5) is 0 Å². The van der Waals surface area contributed by atoms with Crippen LogP contribution in [0, 0.1) is 5.41 Å². The van der Waals surface area contributed by atoms with Gasteiger partial charge in [-0.1, -0.05) is 48.5 Å². The molecular formula is C23H28N2O2. The third-order valence-electron chi connectivity index (χ3n) is 6.06. The first-order chi connectivity index (χ1) is 13.2. The number of benzene rings is 2. The lowest BCUT2D eigenvalue weighted by atomic mass is 9.73. The maximum absolute atomic E-state index is 11.5. The number of ether oxygens (including phenoxy) is 1. The molecule has 2 fully saturated rings. The van der Waals surface area contributed by atoms with E-state index >= 15 is 0 Å². The van der Waals surface area contributed by atoms with Gasteiger partial charge in [-0.15, -0.1) is 0 Å². The Balaban J connectivity index is 1.34. The molecule has 0 bridgehead atoms. The average Bonchev–Trinajstić information content (AvgIpc) is 2.72. The molecule has 0 radical (unpaired) electrons. The Morgan fingerprint density at radius 3 is 2.44 bits per heavy atom. The molecule has 2 saturated heterocycles. The van der Waals surface area contributed by atoms with Gasteiger partial charge < -0.3 is 10.1 Å². The zero-order valence-electron chi connectivity index (χ0n) is 15.8. The maximum atomic E-state index is 11.5. The molecule has 0 aliphatic carbocycles. The Morgan fingerprint density at radius 1 is 0.963 bits per heavy atom. The van der Waals surface area contributed by atoms with Crippen molar-refractivity contribution in [1.82, 2.24) is 10.2 Å². The zero-order valence-corrected chi connectivity index (χ0v) is 15.8. The van der Waals surface area contributed by atoms with Crippen molar-refractivity contribution in [3.05, 3.63) is 65.7 Å². The van der Waals surface area contributed by atoms with Gasteiger partial charge in [0.05, 0.1) is 0 Å². The van der Waals surface area contributed by atoms with E-state index in [0.29, 0.717) is 18.4 Å². The Bertz CT molecular complexity index is 755. The molecule has 2 aromatic carbocycles. The summed E-state index contributed by atoms with van der Waals surface area (Å²) < 4.78 is 6.11. The Labute approximate surface area is 161 Å². The minimum atomic E-state index is 0.215. The van der Waals surface area contributed by atoms with E-state index in [1.165, 1.54) is 24.0 Å². The highest BCUT2D eigenvalue weighted by Gasteiger charge is 2.37. The number of carbonyl (C=O) groups is 1. The second-order valence-electron chi connectivity index (χ2n) is 7.93. The van der Waals surface area contributed by atoms with Crippen LogP contribution in [0.1, 0.15) is 36.8 Å². The number of nitrogens with one attached hydrogen (secondary N) is 1. The lowest BCUT2D eigenvalue weighted by molar-refractivity contribution is -0.125. The fourth-order valence-electron chi connectivity index (χ4n) is 4.21. The number of para-hydroxylation sites is 1. The number of hydrogen-bond donors (Lipinski definition) is 1. The highest BCUT2D eigenvalue weighted by molar-refractivity contribution is 5.76. The maximum Gasteiger partial charge on any atom is 0.220 e. The molecule has 1 amide bonds. The van der Waals surface area contributed by atoms with Crippen molar-refractivity contribution in [2.75, 3.05) is 19.6 Å². The molecule has 0 aromatic heterocycles. The first kappa shape index (κ1) is 18.1. The fourth-order valence-corrected chi connectivity index (χ4v) is 4.21. The lowest BCUT2D eigenvalue weighted by Crippen LogP contribution is -2.49. The molecule has 4 heteroatoms. The smallest absolute Gasteiger partial charge is 0.220 e. The van der Waals surface area contributed by atoms with Crippen LogP contribution in [0.3, 0.4) is 0 Å². The zero-order chi connectivity index (χ0) is 18.5. The number of likely N-dealkylation sites (tertiary alicyclic amines) is 1. The molecule has 0 unspecified atom stereocenters. The third kappa shape index (κ3) is 4.51. The van der Waals surface area contributed by atoms with Crippen molar-refractivity contribution >= 4 is 5.91 Å². The Kier molecular flexibility index (Phi) is 5.44. The predicted octanol–water partition coefficient (Wildman–Crippen LogP) is 3.76. The second-order valence-corrected chi connectivity index (χ2v) is 7.93. The summed E-state index contributed by atoms with van der Waals surface area (Å²) in [6.07, 6.45) is 4.07. The van der Waals surface area contributed by atoms with Crippen LogP contribution in [0.25, 0.3) is 0 Å². The van der Waals surface area contributed by atoms with Gasteiger partial charge >= 0.3 is 0 Å². The van der Waals surface area contributed by atoms with E-state index in [4.69, 9.17) is 4.74 Å². The first-order valence-corrected chi connectivity index (χ1v) is 9.96. The summed E-state index contributed by atoms with van der Waals surface area (Å²) in [7, 11) is 0. The lowest BCUT2D eigenvalue weighted by Gasteiger charge is -2.44. The standard InChI is InChI=1S/C23H28N2O2/c26-22-10-11-23(18-24-22)12-14-25(15-13-23)16-20-8-4-5-9-21(20)27-17-19-6-2-1-3-7-19/h1-9H,10-18H2,(H,24,26). The van der Waals surface area contributed by atoms with Crippen LogP contribution < -0.4 is 10.1 Å². The summed E-state index contributed by atoms with van der Waals surface area (Å²) in [5, 5.41) is 3.07. The van der Waals surface area contributed by atoms with Crippen molar-refractivity contribution in [3.63, 3.8) is 0 Å². The van der Waals surface area contributed by atoms with E-state index in [1.54, 1.807) is 0 Å². The van der Waals surface area contributed by atoms with Crippen molar-refractivity contribution in [3.8, 4) is 5.75 Å². The van der Waals surface area contributed by atoms with Gasteiger partial charge in [-0.2, -0.15) is 0 Å². The van der Waals surface area contributed by atoms with Gasteiger partial charge in [0.15, 0.2) is 0 Å². The van der Waals surface area contributed by atoms with E-state index in [0.717, 1.165) is 38.3 Å². The van der Waals surface area contributed by atoms with Crippen molar-refractivity contribution in [2.24, 2.45) is 5.41 Å². The van der Waals surface area contributed by atoms with E-state index in [1.807, 2.05) is 24.3 Å². The fraction of sp³-hybridized carbons (Fsp3) is 0.435. The summed E-state index contributed by atoms with van der Waals surface area (Å²) in [5.74, 6) is 1.19. The van der Waals surface area contributed by atoms with Crippen molar-refractivity contribution in [1.29, 1.82) is 0 Å². The number of carbonyl (C=O) groups excluding carboxylic acids is 1. The number of nitrogens with zero attached hydrogens (tertiary/aromatic N) is 1. The van der Waals surface area contributed by atoms with Gasteiger partial charge in [-0.3, -0.25) is 9.69 Å². The van der Waals surface area contributed by atoms with Gasteiger partial charge in [-0.25, -0.2) is 0 Å². The molecule has 4 nitrogen and oxygen atoms in total. The molecule has 2 heterocycles. The average molecular weight is 364 g/mol. The minimum Gasteiger partial charge on any atom is -0.489 e. The van der Waals surface area contributed by atoms with E-state index < -0.39 is 0 Å². The molecule has 142 valence electrons. The largest absolute Gasteiger partial charge is 0.489 e. The Hall–Kier alpha value is -2.33. The molecule has 1 spiro atoms. The predicted molar refractivity (Wildman–Crippen MR) is 106 cm³/mol. The van der Waals surface area contributed by atoms with Gasteiger partial charge in [0.25, 0.3) is 0 Å². The molecule has 2 aliphatic heterocycles. The van der Waals surface area contributed by atoms with E-state index in [2.05, 4.69) is 40.5 Å². The summed E-state index contributed by atoms with van der Waals surface area (Å²) in [6.45, 7) is 4.55. The monoisotopic (exact) mass is 364 g/mol. The third-order valence-corrected chi connectivity index (χ3v) is 6.06. The quantitative estimate of drug-likeness (QED) is 0.878. The number of amides is 1. The van der Waals surface area contributed by atoms with Crippen molar-refractivity contribution < 1.29 is 9.53 Å². The summed E-state index contributed by atoms with van der Waals surface area (Å²) in [5.41, 5.74) is 2.76. The van der Waals surface area contributed by atoms with E-state index in [9.17, 15) is 4.79 Å².